The van der Waals surface area contributed by atoms with Gasteiger partial charge in [-0.05, 0) is 68.3 Å². The Morgan fingerprint density at radius 3 is 2.35 bits per heavy atom. The molecule has 20 heavy (non-hydrogen) atoms. The van der Waals surface area contributed by atoms with E-state index in [9.17, 15) is 4.39 Å². The largest absolute Gasteiger partial charge is 0.309 e. The molecule has 0 spiro atoms. The molecular weight excluding hydrogens is 317 g/mol. The summed E-state index contributed by atoms with van der Waals surface area (Å²) in [5, 5.41) is 3.24. The maximum atomic E-state index is 14.4. The fourth-order valence-corrected chi connectivity index (χ4v) is 3.05. The molecule has 1 nitrogen and oxygen atoms in total. The van der Waals surface area contributed by atoms with Gasteiger partial charge in [0, 0.05) is 10.0 Å². The lowest BCUT2D eigenvalue weighted by molar-refractivity contribution is 0.571. The fourth-order valence-electron chi connectivity index (χ4n) is 2.67. The van der Waals surface area contributed by atoms with Crippen LogP contribution in [0.1, 0.15) is 33.9 Å². The zero-order valence-corrected chi connectivity index (χ0v) is 13.8. The van der Waals surface area contributed by atoms with E-state index in [2.05, 4.69) is 27.3 Å². The molecule has 1 unspecified atom stereocenters. The number of rotatable bonds is 3. The summed E-state index contributed by atoms with van der Waals surface area (Å²) in [6.45, 7) is 5.93. The monoisotopic (exact) mass is 335 g/mol. The van der Waals surface area contributed by atoms with E-state index < -0.39 is 0 Å². The second-order valence-corrected chi connectivity index (χ2v) is 6.12. The number of hydrogen-bond acceptors (Lipinski definition) is 1. The Morgan fingerprint density at radius 1 is 1.05 bits per heavy atom. The topological polar surface area (TPSA) is 12.0 Å². The molecule has 1 atom stereocenters. The van der Waals surface area contributed by atoms with Gasteiger partial charge in [0.2, 0.25) is 0 Å². The van der Waals surface area contributed by atoms with Crippen LogP contribution in [0, 0.1) is 26.6 Å². The van der Waals surface area contributed by atoms with Crippen LogP contribution < -0.4 is 5.32 Å². The number of aryl methyl sites for hydroxylation is 3. The van der Waals surface area contributed by atoms with Crippen LogP contribution in [0.2, 0.25) is 0 Å². The Balaban J connectivity index is 2.61. The normalized spacial score (nSPS) is 12.5. The Kier molecular flexibility index (Phi) is 4.61. The van der Waals surface area contributed by atoms with Crippen LogP contribution in [0.4, 0.5) is 4.39 Å². The van der Waals surface area contributed by atoms with Crippen molar-refractivity contribution in [3.63, 3.8) is 0 Å². The third-order valence-electron chi connectivity index (χ3n) is 3.61. The predicted molar refractivity (Wildman–Crippen MR) is 85.7 cm³/mol. The van der Waals surface area contributed by atoms with E-state index in [1.54, 1.807) is 6.07 Å². The summed E-state index contributed by atoms with van der Waals surface area (Å²) in [5.74, 6) is -0.152. The van der Waals surface area contributed by atoms with Gasteiger partial charge in [0.15, 0.2) is 0 Å². The minimum atomic E-state index is -0.152. The SMILES string of the molecule is CNC(c1cc(Br)ccc1C)c1c(C)cc(C)cc1F. The molecule has 0 fully saturated rings. The highest BCUT2D eigenvalue weighted by atomic mass is 79.9. The van der Waals surface area contributed by atoms with E-state index in [4.69, 9.17) is 0 Å². The molecule has 0 aromatic heterocycles. The Labute approximate surface area is 128 Å². The summed E-state index contributed by atoms with van der Waals surface area (Å²) < 4.78 is 15.4. The second kappa shape index (κ2) is 6.06. The van der Waals surface area contributed by atoms with E-state index in [-0.39, 0.29) is 11.9 Å². The van der Waals surface area contributed by atoms with Gasteiger partial charge in [-0.15, -0.1) is 0 Å². The molecule has 0 amide bonds. The molecule has 3 heteroatoms. The number of benzene rings is 2. The van der Waals surface area contributed by atoms with Crippen molar-refractivity contribution in [2.75, 3.05) is 7.05 Å². The summed E-state index contributed by atoms with van der Waals surface area (Å²) in [6.07, 6.45) is 0. The summed E-state index contributed by atoms with van der Waals surface area (Å²) in [7, 11) is 1.86. The lowest BCUT2D eigenvalue weighted by atomic mass is 9.91. The average molecular weight is 336 g/mol. The standard InChI is InChI=1S/C17H19BrFN/c1-10-7-12(3)16(15(19)8-10)17(20-4)14-9-13(18)6-5-11(14)2/h5-9,17,20H,1-4H3. The van der Waals surface area contributed by atoms with Crippen molar-refractivity contribution in [1.29, 1.82) is 0 Å². The van der Waals surface area contributed by atoms with Gasteiger partial charge in [-0.1, -0.05) is 28.1 Å². The zero-order chi connectivity index (χ0) is 14.9. The van der Waals surface area contributed by atoms with Crippen molar-refractivity contribution < 1.29 is 4.39 Å². The molecule has 0 heterocycles. The highest BCUT2D eigenvalue weighted by molar-refractivity contribution is 9.10. The minimum absolute atomic E-state index is 0.145. The third-order valence-corrected chi connectivity index (χ3v) is 4.10. The van der Waals surface area contributed by atoms with Gasteiger partial charge in [-0.2, -0.15) is 0 Å². The first-order chi connectivity index (χ1) is 9.43. The molecule has 0 radical (unpaired) electrons. The quantitative estimate of drug-likeness (QED) is 0.847. The van der Waals surface area contributed by atoms with Crippen molar-refractivity contribution in [2.45, 2.75) is 26.8 Å². The summed E-state index contributed by atoms with van der Waals surface area (Å²) in [6, 6.07) is 9.58. The van der Waals surface area contributed by atoms with E-state index in [0.717, 1.165) is 32.3 Å². The maximum absolute atomic E-state index is 14.4. The van der Waals surface area contributed by atoms with Crippen molar-refractivity contribution in [1.82, 2.24) is 5.32 Å². The van der Waals surface area contributed by atoms with E-state index >= 15 is 0 Å². The molecule has 0 saturated heterocycles. The maximum Gasteiger partial charge on any atom is 0.128 e. The number of nitrogens with one attached hydrogen (secondary N) is 1. The Hall–Kier alpha value is -1.19. The van der Waals surface area contributed by atoms with Gasteiger partial charge < -0.3 is 5.32 Å². The van der Waals surface area contributed by atoms with Crippen LogP contribution in [0.3, 0.4) is 0 Å². The fraction of sp³-hybridized carbons (Fsp3) is 0.294. The molecule has 2 aromatic carbocycles. The number of halogens is 2. The average Bonchev–Trinajstić information content (AvgIpc) is 2.37. The molecule has 2 aromatic rings. The van der Waals surface area contributed by atoms with Gasteiger partial charge >= 0.3 is 0 Å². The molecule has 0 bridgehead atoms. The molecular formula is C17H19BrFN. The van der Waals surface area contributed by atoms with Crippen LogP contribution in [-0.4, -0.2) is 7.05 Å². The highest BCUT2D eigenvalue weighted by Crippen LogP contribution is 2.31. The minimum Gasteiger partial charge on any atom is -0.309 e. The van der Waals surface area contributed by atoms with Gasteiger partial charge in [-0.25, -0.2) is 4.39 Å². The lowest BCUT2D eigenvalue weighted by Gasteiger charge is -2.22. The number of hydrogen-bond donors (Lipinski definition) is 1. The van der Waals surface area contributed by atoms with Gasteiger partial charge in [-0.3, -0.25) is 0 Å². The molecule has 0 aliphatic heterocycles. The highest BCUT2D eigenvalue weighted by Gasteiger charge is 2.20. The van der Waals surface area contributed by atoms with Crippen LogP contribution in [0.25, 0.3) is 0 Å². The Morgan fingerprint density at radius 2 is 1.75 bits per heavy atom. The summed E-state index contributed by atoms with van der Waals surface area (Å²) in [4.78, 5) is 0. The van der Waals surface area contributed by atoms with Crippen LogP contribution in [0.5, 0.6) is 0 Å². The first-order valence-corrected chi connectivity index (χ1v) is 7.43. The van der Waals surface area contributed by atoms with E-state index in [1.165, 1.54) is 0 Å². The lowest BCUT2D eigenvalue weighted by Crippen LogP contribution is -2.21. The molecule has 106 valence electrons. The predicted octanol–water partition coefficient (Wildman–Crippen LogP) is 4.82. The molecule has 0 saturated carbocycles. The first kappa shape index (κ1) is 15.2. The van der Waals surface area contributed by atoms with E-state index in [1.807, 2.05) is 46.0 Å². The Bertz CT molecular complexity index is 614. The van der Waals surface area contributed by atoms with E-state index in [0.29, 0.717) is 0 Å². The van der Waals surface area contributed by atoms with Crippen molar-refractivity contribution >= 4 is 15.9 Å². The van der Waals surface area contributed by atoms with Crippen molar-refractivity contribution in [3.8, 4) is 0 Å². The summed E-state index contributed by atoms with van der Waals surface area (Å²) in [5.41, 5.74) is 4.88. The summed E-state index contributed by atoms with van der Waals surface area (Å²) >= 11 is 3.49. The second-order valence-electron chi connectivity index (χ2n) is 5.20. The van der Waals surface area contributed by atoms with Crippen molar-refractivity contribution in [3.05, 3.63) is 68.4 Å². The van der Waals surface area contributed by atoms with Crippen LogP contribution in [0.15, 0.2) is 34.8 Å². The van der Waals surface area contributed by atoms with Gasteiger partial charge in [0.1, 0.15) is 5.82 Å². The van der Waals surface area contributed by atoms with Crippen LogP contribution in [-0.2, 0) is 0 Å². The zero-order valence-electron chi connectivity index (χ0n) is 12.2. The molecule has 2 rings (SSSR count). The smallest absolute Gasteiger partial charge is 0.128 e. The third kappa shape index (κ3) is 2.94. The molecule has 0 aliphatic carbocycles. The van der Waals surface area contributed by atoms with Gasteiger partial charge in [0.05, 0.1) is 6.04 Å². The molecule has 0 aliphatic rings. The van der Waals surface area contributed by atoms with Crippen LogP contribution >= 0.6 is 15.9 Å². The van der Waals surface area contributed by atoms with Crippen molar-refractivity contribution in [2.24, 2.45) is 0 Å². The first-order valence-electron chi connectivity index (χ1n) is 6.64. The van der Waals surface area contributed by atoms with Gasteiger partial charge in [0.25, 0.3) is 0 Å². The molecule has 1 N–H and O–H groups in total.